The van der Waals surface area contributed by atoms with Gasteiger partial charge in [-0.3, -0.25) is 4.79 Å². The van der Waals surface area contributed by atoms with Crippen molar-refractivity contribution in [1.82, 2.24) is 4.57 Å². The topological polar surface area (TPSA) is 60.7 Å². The molecule has 0 N–H and O–H groups in total. The maximum absolute atomic E-state index is 13.5. The molecule has 7 heteroatoms. The van der Waals surface area contributed by atoms with E-state index in [1.165, 1.54) is 31.4 Å². The van der Waals surface area contributed by atoms with E-state index in [2.05, 4.69) is 10.9 Å². The Labute approximate surface area is 152 Å². The second kappa shape index (κ2) is 7.33. The molecule has 3 aromatic rings. The van der Waals surface area contributed by atoms with E-state index < -0.39 is 11.9 Å². The Morgan fingerprint density at radius 1 is 1.27 bits per heavy atom. The molecule has 0 unspecified atom stereocenters. The number of ether oxygens (including phenoxy) is 1. The first kappa shape index (κ1) is 17.6. The summed E-state index contributed by atoms with van der Waals surface area (Å²) in [5, 5.41) is 0. The number of hydrogen-bond donors (Lipinski definition) is 0. The van der Waals surface area contributed by atoms with Crippen molar-refractivity contribution in [2.45, 2.75) is 6.54 Å². The lowest BCUT2D eigenvalue weighted by molar-refractivity contribution is 0.0597. The third kappa shape index (κ3) is 3.27. The number of esters is 1. The Hall–Kier alpha value is -3.24. The number of halogens is 1. The lowest BCUT2D eigenvalue weighted by atomic mass is 10.1. The second-order valence-corrected chi connectivity index (χ2v) is 6.25. The quantitative estimate of drug-likeness (QED) is 0.527. The van der Waals surface area contributed by atoms with Crippen molar-refractivity contribution < 1.29 is 18.7 Å². The summed E-state index contributed by atoms with van der Waals surface area (Å²) in [4.78, 5) is 28.9. The molecule has 5 nitrogen and oxygen atoms in total. The molecule has 0 spiro atoms. The number of methoxy groups -OCH3 is 1. The molecule has 0 saturated carbocycles. The molecule has 1 heterocycles. The van der Waals surface area contributed by atoms with Gasteiger partial charge in [0, 0.05) is 0 Å². The number of fused-ring (bicyclic) bond motifs is 1. The van der Waals surface area contributed by atoms with Gasteiger partial charge in [-0.25, -0.2) is 9.18 Å². The minimum absolute atomic E-state index is 0.121. The summed E-state index contributed by atoms with van der Waals surface area (Å²) in [7, 11) is 1.24. The van der Waals surface area contributed by atoms with Crippen molar-refractivity contribution in [1.29, 1.82) is 0 Å². The fourth-order valence-electron chi connectivity index (χ4n) is 2.48. The zero-order chi connectivity index (χ0) is 18.7. The number of thiazole rings is 1. The third-order valence-electron chi connectivity index (χ3n) is 3.65. The van der Waals surface area contributed by atoms with Crippen LogP contribution in [0.25, 0.3) is 10.2 Å². The van der Waals surface area contributed by atoms with Crippen LogP contribution in [-0.4, -0.2) is 23.6 Å². The van der Waals surface area contributed by atoms with Crippen LogP contribution in [0.1, 0.15) is 20.7 Å². The van der Waals surface area contributed by atoms with Crippen molar-refractivity contribution in [3.63, 3.8) is 0 Å². The summed E-state index contributed by atoms with van der Waals surface area (Å²) in [5.41, 5.74) is 0.928. The number of nitrogens with zero attached hydrogens (tertiary/aromatic N) is 2. The van der Waals surface area contributed by atoms with Gasteiger partial charge < -0.3 is 9.30 Å². The maximum atomic E-state index is 13.5. The molecule has 0 fully saturated rings. The molecule has 3 rings (SSSR count). The monoisotopic (exact) mass is 368 g/mol. The maximum Gasteiger partial charge on any atom is 0.338 e. The SMILES string of the molecule is C#CCn1c(=NC(=O)c2ccccc2C(=O)OC)sc2cc(F)ccc21. The van der Waals surface area contributed by atoms with Crippen LogP contribution in [-0.2, 0) is 11.3 Å². The van der Waals surface area contributed by atoms with E-state index in [0.717, 1.165) is 11.3 Å². The lowest BCUT2D eigenvalue weighted by Gasteiger charge is -2.04. The van der Waals surface area contributed by atoms with E-state index in [0.29, 0.717) is 15.0 Å². The van der Waals surface area contributed by atoms with Gasteiger partial charge in [0.2, 0.25) is 0 Å². The molecule has 2 aromatic carbocycles. The molecular formula is C19H13FN2O3S. The molecule has 0 radical (unpaired) electrons. The van der Waals surface area contributed by atoms with Crippen molar-refractivity contribution >= 4 is 33.4 Å². The molecular weight excluding hydrogens is 355 g/mol. The molecule has 1 aromatic heterocycles. The van der Waals surface area contributed by atoms with Gasteiger partial charge in [0.1, 0.15) is 5.82 Å². The van der Waals surface area contributed by atoms with Crippen molar-refractivity contribution in [3.05, 3.63) is 64.2 Å². The highest BCUT2D eigenvalue weighted by molar-refractivity contribution is 7.16. The molecule has 0 bridgehead atoms. The number of hydrogen-bond acceptors (Lipinski definition) is 4. The summed E-state index contributed by atoms with van der Waals surface area (Å²) in [6.45, 7) is 0.177. The fourth-order valence-corrected chi connectivity index (χ4v) is 3.53. The highest BCUT2D eigenvalue weighted by atomic mass is 32.1. The number of aromatic nitrogens is 1. The largest absolute Gasteiger partial charge is 0.465 e. The van der Waals surface area contributed by atoms with Crippen molar-refractivity contribution in [2.75, 3.05) is 7.11 Å². The zero-order valence-corrected chi connectivity index (χ0v) is 14.5. The minimum Gasteiger partial charge on any atom is -0.465 e. The lowest BCUT2D eigenvalue weighted by Crippen LogP contribution is -2.17. The van der Waals surface area contributed by atoms with E-state index in [1.54, 1.807) is 22.8 Å². The second-order valence-electron chi connectivity index (χ2n) is 5.24. The van der Waals surface area contributed by atoms with E-state index >= 15 is 0 Å². The highest BCUT2D eigenvalue weighted by Gasteiger charge is 2.17. The standard InChI is InChI=1S/C19H13FN2O3S/c1-3-10-22-15-9-8-12(20)11-16(15)26-19(22)21-17(23)13-6-4-5-7-14(13)18(24)25-2/h1,4-9,11H,10H2,2H3. The van der Waals surface area contributed by atoms with Gasteiger partial charge in [-0.05, 0) is 30.3 Å². The third-order valence-corrected chi connectivity index (χ3v) is 4.70. The molecule has 0 aliphatic heterocycles. The highest BCUT2D eigenvalue weighted by Crippen LogP contribution is 2.19. The summed E-state index contributed by atoms with van der Waals surface area (Å²) < 4.78 is 20.4. The normalized spacial score (nSPS) is 11.3. The minimum atomic E-state index is -0.626. The summed E-state index contributed by atoms with van der Waals surface area (Å²) in [5.74, 6) is 0.878. The van der Waals surface area contributed by atoms with E-state index in [-0.39, 0.29) is 23.5 Å². The zero-order valence-electron chi connectivity index (χ0n) is 13.7. The molecule has 130 valence electrons. The number of amides is 1. The van der Waals surface area contributed by atoms with E-state index in [1.807, 2.05) is 0 Å². The Morgan fingerprint density at radius 2 is 2.00 bits per heavy atom. The van der Waals surface area contributed by atoms with Crippen LogP contribution in [0.5, 0.6) is 0 Å². The summed E-state index contributed by atoms with van der Waals surface area (Å²) in [6, 6.07) is 10.5. The molecule has 0 saturated heterocycles. The molecule has 0 aliphatic rings. The molecule has 0 atom stereocenters. The van der Waals surface area contributed by atoms with E-state index in [4.69, 9.17) is 11.2 Å². The Balaban J connectivity index is 2.17. The predicted molar refractivity (Wildman–Crippen MR) is 96.3 cm³/mol. The average molecular weight is 368 g/mol. The fraction of sp³-hybridized carbons (Fsp3) is 0.105. The predicted octanol–water partition coefficient (Wildman–Crippen LogP) is 3.00. The van der Waals surface area contributed by atoms with Gasteiger partial charge >= 0.3 is 5.97 Å². The van der Waals surface area contributed by atoms with Crippen LogP contribution in [0.2, 0.25) is 0 Å². The summed E-state index contributed by atoms with van der Waals surface area (Å²) in [6.07, 6.45) is 5.41. The van der Waals surface area contributed by atoms with Crippen molar-refractivity contribution in [2.24, 2.45) is 4.99 Å². The Kier molecular flexibility index (Phi) is 4.96. The number of benzene rings is 2. The number of rotatable bonds is 3. The van der Waals surface area contributed by atoms with Crippen LogP contribution in [0.3, 0.4) is 0 Å². The van der Waals surface area contributed by atoms with Crippen LogP contribution in [0.15, 0.2) is 47.5 Å². The molecule has 0 aliphatic carbocycles. The van der Waals surface area contributed by atoms with Crippen LogP contribution in [0, 0.1) is 18.2 Å². The van der Waals surface area contributed by atoms with Gasteiger partial charge in [-0.2, -0.15) is 4.99 Å². The van der Waals surface area contributed by atoms with Gasteiger partial charge in [0.05, 0.1) is 35.0 Å². The Bertz CT molecular complexity index is 1120. The van der Waals surface area contributed by atoms with Crippen LogP contribution < -0.4 is 4.80 Å². The molecule has 26 heavy (non-hydrogen) atoms. The van der Waals surface area contributed by atoms with Gasteiger partial charge in [-0.1, -0.05) is 29.4 Å². The van der Waals surface area contributed by atoms with Crippen LogP contribution in [0.4, 0.5) is 4.39 Å². The smallest absolute Gasteiger partial charge is 0.338 e. The first-order valence-electron chi connectivity index (χ1n) is 7.54. The number of carbonyl (C=O) groups is 2. The summed E-state index contributed by atoms with van der Waals surface area (Å²) >= 11 is 1.14. The number of terminal acetylenes is 1. The van der Waals surface area contributed by atoms with Crippen LogP contribution >= 0.6 is 11.3 Å². The number of carbonyl (C=O) groups excluding carboxylic acids is 2. The van der Waals surface area contributed by atoms with Gasteiger partial charge in [0.25, 0.3) is 5.91 Å². The van der Waals surface area contributed by atoms with E-state index in [9.17, 15) is 14.0 Å². The van der Waals surface area contributed by atoms with Crippen molar-refractivity contribution in [3.8, 4) is 12.3 Å². The van der Waals surface area contributed by atoms with Gasteiger partial charge in [-0.15, -0.1) is 6.42 Å². The molecule has 1 amide bonds. The van der Waals surface area contributed by atoms with Gasteiger partial charge in [0.15, 0.2) is 4.80 Å². The average Bonchev–Trinajstić information content (AvgIpc) is 2.97. The Morgan fingerprint density at radius 3 is 2.69 bits per heavy atom. The first-order valence-corrected chi connectivity index (χ1v) is 8.35. The first-order chi connectivity index (χ1) is 12.5.